The second kappa shape index (κ2) is 6.52. The van der Waals surface area contributed by atoms with Crippen LogP contribution in [-0.4, -0.2) is 10.2 Å². The van der Waals surface area contributed by atoms with Gasteiger partial charge in [0.1, 0.15) is 11.5 Å². The van der Waals surface area contributed by atoms with E-state index in [1.54, 1.807) is 0 Å². The van der Waals surface area contributed by atoms with E-state index in [-0.39, 0.29) is 16.2 Å². The quantitative estimate of drug-likeness (QED) is 0.601. The van der Waals surface area contributed by atoms with Crippen LogP contribution in [0.15, 0.2) is 36.4 Å². The average molecular weight is 393 g/mol. The highest BCUT2D eigenvalue weighted by atomic mass is 16.3. The van der Waals surface area contributed by atoms with Crippen molar-refractivity contribution in [2.75, 3.05) is 0 Å². The van der Waals surface area contributed by atoms with Gasteiger partial charge in [-0.2, -0.15) is 0 Å². The fourth-order valence-corrected chi connectivity index (χ4v) is 7.90. The Kier molecular flexibility index (Phi) is 4.57. The average Bonchev–Trinajstić information content (AvgIpc) is 3.07. The van der Waals surface area contributed by atoms with Crippen LogP contribution in [0.5, 0.6) is 11.5 Å². The fourth-order valence-electron chi connectivity index (χ4n) is 7.90. The Morgan fingerprint density at radius 2 is 0.966 bits per heavy atom. The molecule has 0 bridgehead atoms. The Labute approximate surface area is 176 Å². The lowest BCUT2D eigenvalue weighted by Gasteiger charge is -2.46. The van der Waals surface area contributed by atoms with Crippen LogP contribution < -0.4 is 0 Å². The minimum absolute atomic E-state index is 0.0809. The number of fused-ring (bicyclic) bond motifs is 4. The highest BCUT2D eigenvalue weighted by Gasteiger charge is 2.66. The molecule has 2 atom stereocenters. The van der Waals surface area contributed by atoms with E-state index in [2.05, 4.69) is 53.7 Å². The maximum absolute atomic E-state index is 10.5. The van der Waals surface area contributed by atoms with Crippen LogP contribution >= 0.6 is 0 Å². The molecule has 0 amide bonds. The lowest BCUT2D eigenvalue weighted by molar-refractivity contribution is 0.129. The zero-order valence-corrected chi connectivity index (χ0v) is 18.8. The first kappa shape index (κ1) is 20.3. The van der Waals surface area contributed by atoms with Crippen molar-refractivity contribution in [2.45, 2.75) is 83.5 Å². The summed E-state index contributed by atoms with van der Waals surface area (Å²) in [5.41, 5.74) is 5.34. The highest BCUT2D eigenvalue weighted by molar-refractivity contribution is 5.64. The van der Waals surface area contributed by atoms with Gasteiger partial charge in [-0.25, -0.2) is 0 Å². The second-order valence-corrected chi connectivity index (χ2v) is 9.50. The van der Waals surface area contributed by atoms with Gasteiger partial charge in [0.2, 0.25) is 0 Å². The van der Waals surface area contributed by atoms with Crippen LogP contribution in [-0.2, 0) is 16.2 Å². The SMILES string of the molecule is CCC1(CC)c2ccc(O)cc2C2(c3cc(O)ccc3C(CC)(CC)C2C)C1C. The molecule has 29 heavy (non-hydrogen) atoms. The number of phenols is 2. The molecule has 0 saturated heterocycles. The van der Waals surface area contributed by atoms with Crippen molar-refractivity contribution in [1.29, 1.82) is 0 Å². The summed E-state index contributed by atoms with van der Waals surface area (Å²) >= 11 is 0. The van der Waals surface area contributed by atoms with E-state index >= 15 is 0 Å². The summed E-state index contributed by atoms with van der Waals surface area (Å²) in [6.45, 7) is 14.1. The summed E-state index contributed by atoms with van der Waals surface area (Å²) in [7, 11) is 0. The summed E-state index contributed by atoms with van der Waals surface area (Å²) in [6, 6.07) is 12.1. The molecule has 0 aromatic heterocycles. The summed E-state index contributed by atoms with van der Waals surface area (Å²) in [4.78, 5) is 0. The van der Waals surface area contributed by atoms with Crippen molar-refractivity contribution < 1.29 is 10.2 Å². The van der Waals surface area contributed by atoms with E-state index in [1.165, 1.54) is 22.3 Å². The van der Waals surface area contributed by atoms with Crippen molar-refractivity contribution in [3.8, 4) is 11.5 Å². The monoisotopic (exact) mass is 392 g/mol. The summed E-state index contributed by atoms with van der Waals surface area (Å²) in [5.74, 6) is 1.46. The normalized spacial score (nSPS) is 28.5. The fraction of sp³-hybridized carbons (Fsp3) is 0.556. The third-order valence-corrected chi connectivity index (χ3v) is 9.52. The van der Waals surface area contributed by atoms with E-state index in [0.29, 0.717) is 23.3 Å². The Morgan fingerprint density at radius 1 is 0.621 bits per heavy atom. The summed E-state index contributed by atoms with van der Waals surface area (Å²) < 4.78 is 0. The first-order valence-corrected chi connectivity index (χ1v) is 11.5. The molecule has 156 valence electrons. The third kappa shape index (κ3) is 2.13. The molecular formula is C27H36O2. The van der Waals surface area contributed by atoms with Gasteiger partial charge in [-0.05, 0) is 94.9 Å². The van der Waals surface area contributed by atoms with Gasteiger partial charge in [0.05, 0.1) is 0 Å². The molecule has 2 aliphatic rings. The number of benzene rings is 2. The standard InChI is InChI=1S/C27H36O2/c1-7-25(8-2)17(5)27(23-15-19(28)11-13-21(23)25)18(6)26(9-3,10-4)22-14-12-20(29)16-24(22)27/h11-18,28-29H,7-10H2,1-6H3. The molecule has 2 unspecified atom stereocenters. The molecule has 0 radical (unpaired) electrons. The van der Waals surface area contributed by atoms with Crippen LogP contribution in [0.1, 0.15) is 89.5 Å². The number of hydrogen-bond acceptors (Lipinski definition) is 2. The zero-order valence-electron chi connectivity index (χ0n) is 18.8. The molecule has 0 aliphatic heterocycles. The van der Waals surface area contributed by atoms with Crippen LogP contribution in [0, 0.1) is 11.8 Å². The number of hydrogen-bond donors (Lipinski definition) is 2. The molecule has 1 spiro atoms. The van der Waals surface area contributed by atoms with Gasteiger partial charge in [-0.3, -0.25) is 0 Å². The summed E-state index contributed by atoms with van der Waals surface area (Å²) in [5, 5.41) is 21.1. The van der Waals surface area contributed by atoms with Gasteiger partial charge >= 0.3 is 0 Å². The van der Waals surface area contributed by atoms with Crippen molar-refractivity contribution in [3.05, 3.63) is 58.7 Å². The molecule has 2 nitrogen and oxygen atoms in total. The molecule has 0 fully saturated rings. The Bertz CT molecular complexity index is 856. The first-order chi connectivity index (χ1) is 13.8. The molecule has 2 heteroatoms. The Balaban J connectivity index is 2.17. The predicted octanol–water partition coefficient (Wildman–Crippen LogP) is 6.80. The van der Waals surface area contributed by atoms with E-state index < -0.39 is 0 Å². The second-order valence-electron chi connectivity index (χ2n) is 9.50. The highest BCUT2D eigenvalue weighted by Crippen LogP contribution is 2.70. The molecule has 2 aliphatic carbocycles. The van der Waals surface area contributed by atoms with Crippen molar-refractivity contribution >= 4 is 0 Å². The number of rotatable bonds is 4. The largest absolute Gasteiger partial charge is 0.508 e. The lowest BCUT2D eigenvalue weighted by atomic mass is 9.57. The van der Waals surface area contributed by atoms with Gasteiger partial charge in [0.25, 0.3) is 0 Å². The smallest absolute Gasteiger partial charge is 0.115 e. The van der Waals surface area contributed by atoms with Crippen LogP contribution in [0.4, 0.5) is 0 Å². The van der Waals surface area contributed by atoms with E-state index in [9.17, 15) is 10.2 Å². The van der Waals surface area contributed by atoms with Crippen molar-refractivity contribution in [2.24, 2.45) is 11.8 Å². The van der Waals surface area contributed by atoms with E-state index in [0.717, 1.165) is 25.7 Å². The predicted molar refractivity (Wildman–Crippen MR) is 120 cm³/mol. The molecule has 0 heterocycles. The minimum atomic E-state index is -0.194. The van der Waals surface area contributed by atoms with Crippen molar-refractivity contribution in [3.63, 3.8) is 0 Å². The number of phenolic OH excluding ortho intramolecular Hbond substituents is 2. The van der Waals surface area contributed by atoms with Gasteiger partial charge in [-0.15, -0.1) is 0 Å². The topological polar surface area (TPSA) is 40.5 Å². The molecule has 4 rings (SSSR count). The van der Waals surface area contributed by atoms with E-state index in [4.69, 9.17) is 0 Å². The zero-order chi connectivity index (χ0) is 21.2. The number of aromatic hydroxyl groups is 2. The Morgan fingerprint density at radius 3 is 1.28 bits per heavy atom. The van der Waals surface area contributed by atoms with Crippen LogP contribution in [0.3, 0.4) is 0 Å². The Hall–Kier alpha value is -1.96. The lowest BCUT2D eigenvalue weighted by Crippen LogP contribution is -2.45. The van der Waals surface area contributed by atoms with Crippen LogP contribution in [0.2, 0.25) is 0 Å². The minimum Gasteiger partial charge on any atom is -0.508 e. The third-order valence-electron chi connectivity index (χ3n) is 9.52. The van der Waals surface area contributed by atoms with Gasteiger partial charge in [-0.1, -0.05) is 53.7 Å². The van der Waals surface area contributed by atoms with Gasteiger partial charge in [0.15, 0.2) is 0 Å². The molecular weight excluding hydrogens is 356 g/mol. The summed E-state index contributed by atoms with van der Waals surface area (Å²) in [6.07, 6.45) is 4.32. The van der Waals surface area contributed by atoms with E-state index in [1.807, 2.05) is 24.3 Å². The molecule has 0 saturated carbocycles. The molecule has 2 aromatic rings. The maximum atomic E-state index is 10.5. The van der Waals surface area contributed by atoms with Crippen LogP contribution in [0.25, 0.3) is 0 Å². The molecule has 2 N–H and O–H groups in total. The van der Waals surface area contributed by atoms with Gasteiger partial charge in [0, 0.05) is 5.41 Å². The maximum Gasteiger partial charge on any atom is 0.115 e. The first-order valence-electron chi connectivity index (χ1n) is 11.5. The molecule has 2 aromatic carbocycles. The van der Waals surface area contributed by atoms with Gasteiger partial charge < -0.3 is 10.2 Å². The van der Waals surface area contributed by atoms with Crippen molar-refractivity contribution in [1.82, 2.24) is 0 Å².